The zero-order chi connectivity index (χ0) is 14.2. The molecule has 0 saturated carbocycles. The van der Waals surface area contributed by atoms with E-state index in [-0.39, 0.29) is 24.3 Å². The van der Waals surface area contributed by atoms with Gasteiger partial charge in [-0.2, -0.15) is 0 Å². The molecule has 1 aromatic carbocycles. The quantitative estimate of drug-likeness (QED) is 0.662. The summed E-state index contributed by atoms with van der Waals surface area (Å²) in [5, 5.41) is 20.4. The second-order valence-corrected chi connectivity index (χ2v) is 4.66. The van der Waals surface area contributed by atoms with E-state index >= 15 is 0 Å². The number of amides is 1. The normalized spacial score (nSPS) is 16.9. The lowest BCUT2D eigenvalue weighted by Crippen LogP contribution is -2.63. The van der Waals surface area contributed by atoms with Crippen molar-refractivity contribution in [2.24, 2.45) is 0 Å². The third-order valence-corrected chi connectivity index (χ3v) is 3.31. The third kappa shape index (κ3) is 2.41. The van der Waals surface area contributed by atoms with E-state index in [0.29, 0.717) is 6.42 Å². The molecule has 19 heavy (non-hydrogen) atoms. The highest BCUT2D eigenvalue weighted by Gasteiger charge is 2.42. The first-order valence-corrected chi connectivity index (χ1v) is 5.82. The second-order valence-electron chi connectivity index (χ2n) is 4.66. The van der Waals surface area contributed by atoms with Gasteiger partial charge in [-0.3, -0.25) is 14.9 Å². The molecule has 7 heteroatoms. The maximum atomic E-state index is 13.5. The van der Waals surface area contributed by atoms with Crippen molar-refractivity contribution in [3.63, 3.8) is 0 Å². The molecule has 1 aliphatic heterocycles. The van der Waals surface area contributed by atoms with Gasteiger partial charge in [0.1, 0.15) is 5.82 Å². The molecule has 1 amide bonds. The van der Waals surface area contributed by atoms with Crippen molar-refractivity contribution in [2.75, 3.05) is 13.1 Å². The molecular formula is C12H13FN2O4. The number of halogens is 1. The van der Waals surface area contributed by atoms with E-state index in [1.54, 1.807) is 6.92 Å². The fraction of sp³-hybridized carbons (Fsp3) is 0.417. The molecule has 0 atom stereocenters. The van der Waals surface area contributed by atoms with Gasteiger partial charge in [-0.05, 0) is 12.5 Å². The Kier molecular flexibility index (Phi) is 3.23. The number of likely N-dealkylation sites (tertiary alicyclic amines) is 1. The highest BCUT2D eigenvalue weighted by molar-refractivity contribution is 5.95. The van der Waals surface area contributed by atoms with Gasteiger partial charge in [-0.1, -0.05) is 6.92 Å². The average Bonchev–Trinajstić information content (AvgIpc) is 2.34. The zero-order valence-electron chi connectivity index (χ0n) is 10.3. The van der Waals surface area contributed by atoms with Crippen molar-refractivity contribution >= 4 is 11.6 Å². The molecule has 0 bridgehead atoms. The third-order valence-electron chi connectivity index (χ3n) is 3.31. The minimum absolute atomic E-state index is 0.116. The van der Waals surface area contributed by atoms with Crippen LogP contribution in [0.15, 0.2) is 18.2 Å². The Morgan fingerprint density at radius 1 is 1.58 bits per heavy atom. The van der Waals surface area contributed by atoms with Gasteiger partial charge in [0, 0.05) is 12.1 Å². The first-order valence-electron chi connectivity index (χ1n) is 5.82. The average molecular weight is 268 g/mol. The monoisotopic (exact) mass is 268 g/mol. The number of carbonyl (C=O) groups excluding carboxylic acids is 1. The summed E-state index contributed by atoms with van der Waals surface area (Å²) in [5.74, 6) is -1.44. The van der Waals surface area contributed by atoms with Crippen LogP contribution in [0.3, 0.4) is 0 Å². The summed E-state index contributed by atoms with van der Waals surface area (Å²) < 4.78 is 13.5. The van der Waals surface area contributed by atoms with Crippen LogP contribution in [0.4, 0.5) is 10.1 Å². The molecule has 2 rings (SSSR count). The first kappa shape index (κ1) is 13.4. The van der Waals surface area contributed by atoms with E-state index < -0.39 is 22.2 Å². The Labute approximate surface area is 108 Å². The lowest BCUT2D eigenvalue weighted by atomic mass is 9.90. The number of nitro benzene ring substituents is 1. The highest BCUT2D eigenvalue weighted by atomic mass is 19.1. The van der Waals surface area contributed by atoms with Crippen LogP contribution >= 0.6 is 0 Å². The molecule has 0 unspecified atom stereocenters. The predicted molar refractivity (Wildman–Crippen MR) is 64.2 cm³/mol. The molecule has 1 aliphatic rings. The maximum absolute atomic E-state index is 13.5. The summed E-state index contributed by atoms with van der Waals surface area (Å²) in [5.41, 5.74) is -1.60. The number of nitrogens with zero attached hydrogens (tertiary/aromatic N) is 2. The Balaban J connectivity index is 2.21. The SMILES string of the molecule is CCC1(O)CN(C(=O)c2cc([N+](=O)[O-])ccc2F)C1. The van der Waals surface area contributed by atoms with Crippen LogP contribution in [0.5, 0.6) is 0 Å². The topological polar surface area (TPSA) is 83.7 Å². The van der Waals surface area contributed by atoms with E-state index in [0.717, 1.165) is 18.2 Å². The number of benzene rings is 1. The minimum atomic E-state index is -0.924. The van der Waals surface area contributed by atoms with E-state index in [9.17, 15) is 24.4 Å². The summed E-state index contributed by atoms with van der Waals surface area (Å²) in [6, 6.07) is 2.82. The van der Waals surface area contributed by atoms with Crippen molar-refractivity contribution in [2.45, 2.75) is 18.9 Å². The molecule has 0 radical (unpaired) electrons. The molecule has 1 aromatic rings. The van der Waals surface area contributed by atoms with E-state index in [4.69, 9.17) is 0 Å². The summed E-state index contributed by atoms with van der Waals surface area (Å²) in [6.07, 6.45) is 0.494. The van der Waals surface area contributed by atoms with Gasteiger partial charge < -0.3 is 10.0 Å². The molecule has 1 fully saturated rings. The van der Waals surface area contributed by atoms with Crippen LogP contribution in [0.2, 0.25) is 0 Å². The molecule has 6 nitrogen and oxygen atoms in total. The Bertz CT molecular complexity index is 541. The summed E-state index contributed by atoms with van der Waals surface area (Å²) in [7, 11) is 0. The van der Waals surface area contributed by atoms with Crippen LogP contribution in [-0.2, 0) is 0 Å². The molecule has 102 valence electrons. The number of hydrogen-bond donors (Lipinski definition) is 1. The van der Waals surface area contributed by atoms with Crippen molar-refractivity contribution in [3.05, 3.63) is 39.7 Å². The number of β-amino-alcohol motifs (C(OH)–C–C–N with tert-alkyl or cyclic N) is 1. The van der Waals surface area contributed by atoms with Crippen molar-refractivity contribution < 1.29 is 19.2 Å². The first-order chi connectivity index (χ1) is 8.86. The lowest BCUT2D eigenvalue weighted by molar-refractivity contribution is -0.384. The van der Waals surface area contributed by atoms with Gasteiger partial charge in [0.15, 0.2) is 0 Å². The van der Waals surface area contributed by atoms with Crippen LogP contribution in [0.1, 0.15) is 23.7 Å². The van der Waals surface area contributed by atoms with Crippen molar-refractivity contribution in [3.8, 4) is 0 Å². The minimum Gasteiger partial charge on any atom is -0.386 e. The van der Waals surface area contributed by atoms with E-state index in [2.05, 4.69) is 0 Å². The highest BCUT2D eigenvalue weighted by Crippen LogP contribution is 2.27. The van der Waals surface area contributed by atoms with Gasteiger partial charge in [0.05, 0.1) is 29.2 Å². The van der Waals surface area contributed by atoms with Crippen LogP contribution in [0, 0.1) is 15.9 Å². The molecule has 0 aliphatic carbocycles. The van der Waals surface area contributed by atoms with E-state index in [1.165, 1.54) is 4.90 Å². The molecule has 1 saturated heterocycles. The van der Waals surface area contributed by atoms with Gasteiger partial charge >= 0.3 is 0 Å². The van der Waals surface area contributed by atoms with Gasteiger partial charge in [0.2, 0.25) is 0 Å². The number of non-ortho nitro benzene ring substituents is 1. The molecule has 0 spiro atoms. The van der Waals surface area contributed by atoms with Gasteiger partial charge in [0.25, 0.3) is 11.6 Å². The molecular weight excluding hydrogens is 255 g/mol. The van der Waals surface area contributed by atoms with Crippen molar-refractivity contribution in [1.82, 2.24) is 4.90 Å². The number of carbonyl (C=O) groups is 1. The summed E-state index contributed by atoms with van der Waals surface area (Å²) in [4.78, 5) is 23.2. The molecule has 1 heterocycles. The van der Waals surface area contributed by atoms with E-state index in [1.807, 2.05) is 0 Å². The zero-order valence-corrected chi connectivity index (χ0v) is 10.3. The molecule has 1 N–H and O–H groups in total. The number of nitro groups is 1. The largest absolute Gasteiger partial charge is 0.386 e. The Hall–Kier alpha value is -2.02. The Morgan fingerprint density at radius 3 is 2.74 bits per heavy atom. The summed E-state index contributed by atoms with van der Waals surface area (Å²) >= 11 is 0. The van der Waals surface area contributed by atoms with Gasteiger partial charge in [-0.25, -0.2) is 4.39 Å². The van der Waals surface area contributed by atoms with Crippen LogP contribution in [0.25, 0.3) is 0 Å². The summed E-state index contributed by atoms with van der Waals surface area (Å²) in [6.45, 7) is 2.02. The maximum Gasteiger partial charge on any atom is 0.270 e. The van der Waals surface area contributed by atoms with Gasteiger partial charge in [-0.15, -0.1) is 0 Å². The van der Waals surface area contributed by atoms with Crippen molar-refractivity contribution in [1.29, 1.82) is 0 Å². The number of aliphatic hydroxyl groups is 1. The Morgan fingerprint density at radius 2 is 2.21 bits per heavy atom. The molecule has 0 aromatic heterocycles. The smallest absolute Gasteiger partial charge is 0.270 e. The second kappa shape index (κ2) is 4.58. The van der Waals surface area contributed by atoms with Crippen LogP contribution in [-0.4, -0.2) is 39.5 Å². The lowest BCUT2D eigenvalue weighted by Gasteiger charge is -2.46. The number of rotatable bonds is 3. The predicted octanol–water partition coefficient (Wildman–Crippen LogP) is 1.33. The van der Waals surface area contributed by atoms with Crippen LogP contribution < -0.4 is 0 Å². The standard InChI is InChI=1S/C12H13FN2O4/c1-2-12(17)6-14(7-12)11(16)9-5-8(15(18)19)3-4-10(9)13/h3-5,17H,2,6-7H2,1H3. The number of hydrogen-bond acceptors (Lipinski definition) is 4. The fourth-order valence-electron chi connectivity index (χ4n) is 1.99. The fourth-order valence-corrected chi connectivity index (χ4v) is 1.99.